The van der Waals surface area contributed by atoms with Crippen LogP contribution in [0.4, 0.5) is 0 Å². The fourth-order valence-electron chi connectivity index (χ4n) is 3.78. The van der Waals surface area contributed by atoms with E-state index >= 15 is 0 Å². The second-order valence-electron chi connectivity index (χ2n) is 8.80. The first-order chi connectivity index (χ1) is 15.2. The van der Waals surface area contributed by atoms with Crippen LogP contribution >= 0.6 is 11.6 Å². The molecule has 6 heteroatoms. The molecule has 32 heavy (non-hydrogen) atoms. The van der Waals surface area contributed by atoms with Crippen molar-refractivity contribution in [2.45, 2.75) is 39.5 Å². The maximum absolute atomic E-state index is 11.9. The number of rotatable bonds is 4. The Balaban J connectivity index is 2.11. The minimum atomic E-state index is -0.439. The summed E-state index contributed by atoms with van der Waals surface area (Å²) in [5, 5.41) is 9.83. The average Bonchev–Trinajstić information content (AvgIpc) is 2.78. The molecule has 2 heterocycles. The lowest BCUT2D eigenvalue weighted by Crippen LogP contribution is -2.32. The van der Waals surface area contributed by atoms with Gasteiger partial charge in [-0.1, -0.05) is 81.8 Å². The van der Waals surface area contributed by atoms with Crippen molar-refractivity contribution in [2.75, 3.05) is 0 Å². The molecule has 0 aliphatic heterocycles. The Morgan fingerprint density at radius 2 is 1.72 bits per heavy atom. The van der Waals surface area contributed by atoms with Crippen LogP contribution in [0.3, 0.4) is 0 Å². The van der Waals surface area contributed by atoms with Gasteiger partial charge in [0.2, 0.25) is 6.41 Å². The Bertz CT molecular complexity index is 1380. The van der Waals surface area contributed by atoms with Gasteiger partial charge >= 0.3 is 0 Å². The number of nitrogens with one attached hydrogen (secondary N) is 1. The zero-order chi connectivity index (χ0) is 23.0. The highest BCUT2D eigenvalue weighted by atomic mass is 35.5. The van der Waals surface area contributed by atoms with Crippen LogP contribution < -0.4 is 5.49 Å². The van der Waals surface area contributed by atoms with Gasteiger partial charge in [-0.05, 0) is 29.7 Å². The molecule has 162 valence electrons. The second kappa shape index (κ2) is 8.32. The molecule has 0 spiro atoms. The fourth-order valence-corrected chi connectivity index (χ4v) is 4.01. The van der Waals surface area contributed by atoms with E-state index < -0.39 is 5.41 Å². The van der Waals surface area contributed by atoms with Crippen molar-refractivity contribution in [1.29, 1.82) is 5.41 Å². The molecule has 0 radical (unpaired) electrons. The number of carbonyl (C=O) groups excluding carboxylic acids is 1. The molecule has 0 atom stereocenters. The van der Waals surface area contributed by atoms with E-state index in [0.717, 1.165) is 23.1 Å². The van der Waals surface area contributed by atoms with Gasteiger partial charge in [0.1, 0.15) is 11.3 Å². The topological polar surface area (TPSA) is 71.6 Å². The van der Waals surface area contributed by atoms with E-state index in [0.29, 0.717) is 34.0 Å². The molecule has 4 aromatic rings. The van der Waals surface area contributed by atoms with Crippen LogP contribution in [0.2, 0.25) is 5.02 Å². The largest absolute Gasteiger partial charge is 0.283 e. The lowest BCUT2D eigenvalue weighted by atomic mass is 9.94. The summed E-state index contributed by atoms with van der Waals surface area (Å²) in [5.41, 5.74) is 4.57. The molecular formula is C26H25ClN4O. The van der Waals surface area contributed by atoms with Crippen LogP contribution in [0.15, 0.2) is 54.6 Å². The van der Waals surface area contributed by atoms with Crippen LogP contribution in [-0.2, 0) is 16.6 Å². The van der Waals surface area contributed by atoms with Crippen LogP contribution in [0, 0.1) is 5.41 Å². The minimum absolute atomic E-state index is 0.0690. The van der Waals surface area contributed by atoms with Crippen LogP contribution in [0.1, 0.15) is 39.1 Å². The molecule has 4 rings (SSSR count). The van der Waals surface area contributed by atoms with Gasteiger partial charge in [-0.25, -0.2) is 9.97 Å². The molecule has 0 saturated carbocycles. The Kier molecular flexibility index (Phi) is 5.70. The van der Waals surface area contributed by atoms with Gasteiger partial charge in [0.25, 0.3) is 0 Å². The molecule has 0 amide bonds. The van der Waals surface area contributed by atoms with Crippen LogP contribution in [0.5, 0.6) is 0 Å². The third-order valence-electron chi connectivity index (χ3n) is 5.52. The molecule has 0 unspecified atom stereocenters. The average molecular weight is 445 g/mol. The Morgan fingerprint density at radius 1 is 1.03 bits per heavy atom. The van der Waals surface area contributed by atoms with E-state index in [-0.39, 0.29) is 5.49 Å². The number of nitrogens with zero attached hydrogens (tertiary/aromatic N) is 3. The van der Waals surface area contributed by atoms with Crippen molar-refractivity contribution >= 4 is 29.0 Å². The lowest BCUT2D eigenvalue weighted by molar-refractivity contribution is 0.501. The summed E-state index contributed by atoms with van der Waals surface area (Å²) in [6.07, 6.45) is 1.59. The molecule has 2 aromatic heterocycles. The first-order valence-corrected chi connectivity index (χ1v) is 10.9. The number of halogens is 1. The molecule has 0 saturated heterocycles. The third kappa shape index (κ3) is 3.84. The van der Waals surface area contributed by atoms with Gasteiger partial charge in [-0.15, -0.1) is 0 Å². The zero-order valence-corrected chi connectivity index (χ0v) is 19.4. The van der Waals surface area contributed by atoms with E-state index in [1.165, 1.54) is 10.1 Å². The van der Waals surface area contributed by atoms with Gasteiger partial charge in [-0.2, -0.15) is 0 Å². The standard InChI is InChI=1S/C26H25ClN4O/c1-5-16-10-12-17(13-11-16)19-14-20-23(28)31(15-32)25(26(2,3)4)30-24(20)29-22(19)18-8-6-7-9-21(18)27/h6-15,28H,5H2,1-4H3. The maximum atomic E-state index is 11.9. The summed E-state index contributed by atoms with van der Waals surface area (Å²) >= 11 is 6.55. The summed E-state index contributed by atoms with van der Waals surface area (Å²) in [7, 11) is 0. The zero-order valence-electron chi connectivity index (χ0n) is 18.6. The molecule has 0 aliphatic rings. The minimum Gasteiger partial charge on any atom is -0.283 e. The number of hydrogen-bond acceptors (Lipinski definition) is 4. The number of aryl methyl sites for hydroxylation is 1. The van der Waals surface area contributed by atoms with Crippen molar-refractivity contribution in [3.8, 4) is 22.4 Å². The van der Waals surface area contributed by atoms with Crippen LogP contribution in [0.25, 0.3) is 33.4 Å². The van der Waals surface area contributed by atoms with Crippen molar-refractivity contribution < 1.29 is 4.79 Å². The fraction of sp³-hybridized carbons (Fsp3) is 0.231. The second-order valence-corrected chi connectivity index (χ2v) is 9.20. The van der Waals surface area contributed by atoms with Crippen LogP contribution in [-0.4, -0.2) is 20.9 Å². The Hall–Kier alpha value is -3.31. The van der Waals surface area contributed by atoms with Gasteiger partial charge in [-0.3, -0.25) is 14.8 Å². The van der Waals surface area contributed by atoms with E-state index in [9.17, 15) is 4.79 Å². The first kappa shape index (κ1) is 21.9. The van der Waals surface area contributed by atoms with Gasteiger partial charge < -0.3 is 0 Å². The summed E-state index contributed by atoms with van der Waals surface area (Å²) in [6, 6.07) is 17.7. The third-order valence-corrected chi connectivity index (χ3v) is 5.85. The summed E-state index contributed by atoms with van der Waals surface area (Å²) in [4.78, 5) is 21.5. The highest BCUT2D eigenvalue weighted by Gasteiger charge is 2.23. The Morgan fingerprint density at radius 3 is 2.31 bits per heavy atom. The number of hydrogen-bond donors (Lipinski definition) is 1. The number of benzene rings is 2. The molecule has 5 nitrogen and oxygen atoms in total. The summed E-state index contributed by atoms with van der Waals surface area (Å²) in [5.74, 6) is 0.489. The predicted octanol–water partition coefficient (Wildman–Crippen LogP) is 5.80. The van der Waals surface area contributed by atoms with Crippen molar-refractivity contribution in [3.05, 3.63) is 76.5 Å². The summed E-state index contributed by atoms with van der Waals surface area (Å²) < 4.78 is 1.29. The van der Waals surface area contributed by atoms with Gasteiger partial charge in [0.15, 0.2) is 5.65 Å². The maximum Gasteiger partial charge on any atom is 0.220 e. The number of fused-ring (bicyclic) bond motifs is 1. The SMILES string of the molecule is CCc1ccc(-c2cc3c(=N)n(C=O)c(C(C)(C)C)nc3nc2-c2ccccc2Cl)cc1. The number of carbonyl (C=O) groups is 1. The lowest BCUT2D eigenvalue weighted by Gasteiger charge is -2.21. The molecule has 0 fully saturated rings. The van der Waals surface area contributed by atoms with Gasteiger partial charge in [0, 0.05) is 21.6 Å². The molecule has 0 bridgehead atoms. The molecule has 1 N–H and O–H groups in total. The number of pyridine rings is 1. The molecular weight excluding hydrogens is 420 g/mol. The highest BCUT2D eigenvalue weighted by Crippen LogP contribution is 2.36. The van der Waals surface area contributed by atoms with Crippen molar-refractivity contribution in [3.63, 3.8) is 0 Å². The van der Waals surface area contributed by atoms with Crippen molar-refractivity contribution in [1.82, 2.24) is 14.5 Å². The summed E-state index contributed by atoms with van der Waals surface area (Å²) in [6.45, 7) is 7.99. The smallest absolute Gasteiger partial charge is 0.220 e. The van der Waals surface area contributed by atoms with E-state index in [4.69, 9.17) is 27.0 Å². The normalized spacial score (nSPS) is 11.7. The monoisotopic (exact) mass is 444 g/mol. The van der Waals surface area contributed by atoms with E-state index in [1.807, 2.05) is 51.1 Å². The van der Waals surface area contributed by atoms with Gasteiger partial charge in [0.05, 0.1) is 11.1 Å². The quantitative estimate of drug-likeness (QED) is 0.404. The predicted molar refractivity (Wildman–Crippen MR) is 129 cm³/mol. The first-order valence-electron chi connectivity index (χ1n) is 10.6. The Labute approximate surface area is 192 Å². The van der Waals surface area contributed by atoms with E-state index in [1.54, 1.807) is 0 Å². The van der Waals surface area contributed by atoms with Crippen molar-refractivity contribution in [2.24, 2.45) is 0 Å². The molecule has 2 aromatic carbocycles. The molecule has 0 aliphatic carbocycles. The highest BCUT2D eigenvalue weighted by molar-refractivity contribution is 6.33. The number of aromatic nitrogens is 3. The van der Waals surface area contributed by atoms with E-state index in [2.05, 4.69) is 31.2 Å².